The molecule has 2 N–H and O–H groups in total. The van der Waals surface area contributed by atoms with Crippen LogP contribution in [0, 0.1) is 0 Å². The van der Waals surface area contributed by atoms with E-state index >= 15 is 0 Å². The lowest BCUT2D eigenvalue weighted by Crippen LogP contribution is -2.06. The second-order valence-corrected chi connectivity index (χ2v) is 6.22. The number of benzene rings is 1. The lowest BCUT2D eigenvalue weighted by atomic mass is 10.3. The van der Waals surface area contributed by atoms with Crippen molar-refractivity contribution in [1.82, 2.24) is 15.0 Å². The molecule has 0 fully saturated rings. The number of nitrogens with one attached hydrogen (secondary N) is 2. The van der Waals surface area contributed by atoms with Gasteiger partial charge in [-0.15, -0.1) is 11.3 Å². The van der Waals surface area contributed by atoms with E-state index in [4.69, 9.17) is 0 Å². The minimum Gasteiger partial charge on any atom is -0.354 e. The number of fused-ring (bicyclic) bond motifs is 1. The van der Waals surface area contributed by atoms with Crippen LogP contribution in [0.25, 0.3) is 10.2 Å². The lowest BCUT2D eigenvalue weighted by Gasteiger charge is -2.10. The number of anilines is 3. The van der Waals surface area contributed by atoms with Crippen molar-refractivity contribution in [1.29, 1.82) is 0 Å². The molecule has 3 rings (SSSR count). The van der Waals surface area contributed by atoms with Crippen LogP contribution in [0.2, 0.25) is 0 Å². The molecule has 0 radical (unpaired) electrons. The molecule has 7 heteroatoms. The number of thiazole rings is 1. The van der Waals surface area contributed by atoms with E-state index in [2.05, 4.69) is 54.5 Å². The molecular formula is C14H14BrN5S. The Labute approximate surface area is 135 Å². The fraction of sp³-hybridized carbons (Fsp3) is 0.214. The number of hydrogen-bond acceptors (Lipinski definition) is 6. The molecule has 5 nitrogen and oxygen atoms in total. The van der Waals surface area contributed by atoms with Crippen LogP contribution in [0.5, 0.6) is 0 Å². The van der Waals surface area contributed by atoms with Gasteiger partial charge in [0.05, 0.1) is 20.2 Å². The monoisotopic (exact) mass is 363 g/mol. The summed E-state index contributed by atoms with van der Waals surface area (Å²) in [4.78, 5) is 13.0. The molecule has 0 saturated carbocycles. The zero-order valence-corrected chi connectivity index (χ0v) is 13.8. The third-order valence-electron chi connectivity index (χ3n) is 2.87. The number of aromatic nitrogens is 3. The van der Waals surface area contributed by atoms with Crippen LogP contribution in [0.4, 0.5) is 17.5 Å². The molecule has 21 heavy (non-hydrogen) atoms. The fourth-order valence-electron chi connectivity index (χ4n) is 1.85. The van der Waals surface area contributed by atoms with Gasteiger partial charge in [0, 0.05) is 18.4 Å². The molecule has 108 valence electrons. The Morgan fingerprint density at radius 3 is 3.05 bits per heavy atom. The minimum atomic E-state index is 0.626. The summed E-state index contributed by atoms with van der Waals surface area (Å²) < 4.78 is 1.98. The third-order valence-corrected chi connectivity index (χ3v) is 4.24. The van der Waals surface area contributed by atoms with E-state index in [1.165, 1.54) is 0 Å². The molecule has 0 unspecified atom stereocenters. The van der Waals surface area contributed by atoms with Crippen LogP contribution >= 0.6 is 27.3 Å². The van der Waals surface area contributed by atoms with Crippen LogP contribution in [-0.2, 0) is 0 Å². The summed E-state index contributed by atoms with van der Waals surface area (Å²) in [7, 11) is 0. The van der Waals surface area contributed by atoms with E-state index in [9.17, 15) is 0 Å². The molecule has 0 spiro atoms. The summed E-state index contributed by atoms with van der Waals surface area (Å²) in [6.45, 7) is 2.96. The van der Waals surface area contributed by atoms with Gasteiger partial charge < -0.3 is 10.6 Å². The predicted octanol–water partition coefficient (Wildman–Crippen LogP) is 4.41. The van der Waals surface area contributed by atoms with Crippen LogP contribution in [0.15, 0.2) is 34.4 Å². The molecule has 2 heterocycles. The molecule has 1 aromatic carbocycles. The number of nitrogens with zero attached hydrogens (tertiary/aromatic N) is 3. The highest BCUT2D eigenvalue weighted by Crippen LogP contribution is 2.27. The smallest absolute Gasteiger partial charge is 0.224 e. The van der Waals surface area contributed by atoms with Crippen molar-refractivity contribution >= 4 is 54.9 Å². The van der Waals surface area contributed by atoms with Crippen LogP contribution in [0.3, 0.4) is 0 Å². The van der Waals surface area contributed by atoms with Gasteiger partial charge in [-0.3, -0.25) is 0 Å². The average Bonchev–Trinajstić information content (AvgIpc) is 2.95. The van der Waals surface area contributed by atoms with E-state index in [0.717, 1.165) is 39.2 Å². The van der Waals surface area contributed by atoms with Crippen LogP contribution in [0.1, 0.15) is 13.3 Å². The predicted molar refractivity (Wildman–Crippen MR) is 91.4 cm³/mol. The van der Waals surface area contributed by atoms with Gasteiger partial charge in [-0.1, -0.05) is 6.92 Å². The Morgan fingerprint density at radius 2 is 2.19 bits per heavy atom. The Bertz CT molecular complexity index is 758. The van der Waals surface area contributed by atoms with E-state index < -0.39 is 0 Å². The molecule has 2 aromatic heterocycles. The SMILES string of the molecule is CCCNc1ncc(Br)c(Nc2ccc3ncsc3c2)n1. The van der Waals surface area contributed by atoms with Gasteiger partial charge in [-0.25, -0.2) is 9.97 Å². The van der Waals surface area contributed by atoms with Crippen LogP contribution in [-0.4, -0.2) is 21.5 Å². The highest BCUT2D eigenvalue weighted by molar-refractivity contribution is 9.10. The Morgan fingerprint density at radius 1 is 1.29 bits per heavy atom. The summed E-state index contributed by atoms with van der Waals surface area (Å²) in [6, 6.07) is 6.07. The molecule has 0 atom stereocenters. The summed E-state index contributed by atoms with van der Waals surface area (Å²) in [5, 5.41) is 6.49. The highest BCUT2D eigenvalue weighted by atomic mass is 79.9. The van der Waals surface area contributed by atoms with Crippen molar-refractivity contribution in [2.45, 2.75) is 13.3 Å². The lowest BCUT2D eigenvalue weighted by molar-refractivity contribution is 0.952. The summed E-state index contributed by atoms with van der Waals surface area (Å²) in [6.07, 6.45) is 2.78. The van der Waals surface area contributed by atoms with E-state index in [1.54, 1.807) is 17.5 Å². The van der Waals surface area contributed by atoms with Crippen molar-refractivity contribution in [3.05, 3.63) is 34.4 Å². The zero-order valence-electron chi connectivity index (χ0n) is 11.4. The first kappa shape index (κ1) is 14.2. The van der Waals surface area contributed by atoms with Crippen LogP contribution < -0.4 is 10.6 Å². The van der Waals surface area contributed by atoms with E-state index in [-0.39, 0.29) is 0 Å². The van der Waals surface area contributed by atoms with Gasteiger partial charge in [0.2, 0.25) is 5.95 Å². The second kappa shape index (κ2) is 6.36. The first-order valence-electron chi connectivity index (χ1n) is 6.63. The standard InChI is InChI=1S/C14H14BrN5S/c1-2-5-16-14-17-7-10(15)13(20-14)19-9-3-4-11-12(6-9)21-8-18-11/h3-4,6-8H,2,5H2,1H3,(H2,16,17,19,20). The van der Waals surface area contributed by atoms with Crippen molar-refractivity contribution in [3.8, 4) is 0 Å². The van der Waals surface area contributed by atoms with Gasteiger partial charge in [0.15, 0.2) is 0 Å². The maximum atomic E-state index is 4.48. The second-order valence-electron chi connectivity index (χ2n) is 4.48. The van der Waals surface area contributed by atoms with Gasteiger partial charge in [0.1, 0.15) is 5.82 Å². The minimum absolute atomic E-state index is 0.626. The number of hydrogen-bond donors (Lipinski definition) is 2. The van der Waals surface area contributed by atoms with E-state index in [0.29, 0.717) is 5.95 Å². The Balaban J connectivity index is 1.85. The molecule has 0 bridgehead atoms. The fourth-order valence-corrected chi connectivity index (χ4v) is 2.85. The maximum Gasteiger partial charge on any atom is 0.224 e. The van der Waals surface area contributed by atoms with Gasteiger partial charge in [0.25, 0.3) is 0 Å². The molecule has 0 aliphatic heterocycles. The first-order valence-corrected chi connectivity index (χ1v) is 8.30. The maximum absolute atomic E-state index is 4.48. The van der Waals surface area contributed by atoms with E-state index in [1.807, 2.05) is 17.6 Å². The Kier molecular flexibility index (Phi) is 4.31. The van der Waals surface area contributed by atoms with Crippen molar-refractivity contribution in [3.63, 3.8) is 0 Å². The molecule has 0 aliphatic carbocycles. The summed E-state index contributed by atoms with van der Waals surface area (Å²) >= 11 is 5.10. The molecule has 0 saturated heterocycles. The summed E-state index contributed by atoms with van der Waals surface area (Å²) in [5.74, 6) is 1.37. The topological polar surface area (TPSA) is 62.7 Å². The zero-order chi connectivity index (χ0) is 14.7. The highest BCUT2D eigenvalue weighted by Gasteiger charge is 2.06. The third kappa shape index (κ3) is 3.30. The van der Waals surface area contributed by atoms with Crippen molar-refractivity contribution < 1.29 is 0 Å². The van der Waals surface area contributed by atoms with Crippen molar-refractivity contribution in [2.24, 2.45) is 0 Å². The number of rotatable bonds is 5. The van der Waals surface area contributed by atoms with Gasteiger partial charge >= 0.3 is 0 Å². The van der Waals surface area contributed by atoms with Gasteiger partial charge in [-0.05, 0) is 40.5 Å². The molecule has 0 aliphatic rings. The molecule has 0 amide bonds. The van der Waals surface area contributed by atoms with Gasteiger partial charge in [-0.2, -0.15) is 4.98 Å². The average molecular weight is 364 g/mol. The largest absolute Gasteiger partial charge is 0.354 e. The molecule has 3 aromatic rings. The van der Waals surface area contributed by atoms with Crippen molar-refractivity contribution in [2.75, 3.05) is 17.2 Å². The number of halogens is 1. The normalized spacial score (nSPS) is 10.8. The Hall–Kier alpha value is -1.73. The quantitative estimate of drug-likeness (QED) is 0.702. The molecular weight excluding hydrogens is 350 g/mol. The summed E-state index contributed by atoms with van der Waals surface area (Å²) in [5.41, 5.74) is 3.84. The first-order chi connectivity index (χ1) is 10.3.